The third kappa shape index (κ3) is 3.73. The van der Waals surface area contributed by atoms with Gasteiger partial charge in [0.05, 0.1) is 12.3 Å². The topological polar surface area (TPSA) is 92.4 Å². The van der Waals surface area contributed by atoms with Crippen LogP contribution in [0.4, 0.5) is 5.69 Å². The number of carbonyl (C=O) groups excluding carboxylic acids is 1. The fourth-order valence-corrected chi connectivity index (χ4v) is 2.80. The van der Waals surface area contributed by atoms with E-state index in [1.54, 1.807) is 12.1 Å². The van der Waals surface area contributed by atoms with Crippen LogP contribution < -0.4 is 11.1 Å². The summed E-state index contributed by atoms with van der Waals surface area (Å²) in [6.45, 7) is 0.443. The van der Waals surface area contributed by atoms with Crippen molar-refractivity contribution in [3.05, 3.63) is 29.8 Å². The number of nitrogens with one attached hydrogen (secondary N) is 1. The van der Waals surface area contributed by atoms with Crippen molar-refractivity contribution in [3.63, 3.8) is 0 Å². The number of nitrogen functional groups attached to an aromatic ring is 1. The van der Waals surface area contributed by atoms with Gasteiger partial charge in [-0.25, -0.2) is 0 Å². The average molecular weight is 276 g/mol. The summed E-state index contributed by atoms with van der Waals surface area (Å²) >= 11 is 0. The molecule has 0 spiro atoms. The number of benzene rings is 1. The van der Waals surface area contributed by atoms with E-state index in [0.717, 1.165) is 18.4 Å². The molecule has 4 N–H and O–H groups in total. The molecule has 2 rings (SSSR count). The zero-order chi connectivity index (χ0) is 14.5. The maximum Gasteiger partial charge on any atom is 0.306 e. The van der Waals surface area contributed by atoms with Crippen LogP contribution in [0.5, 0.6) is 0 Å². The third-order valence-electron chi connectivity index (χ3n) is 3.85. The van der Waals surface area contributed by atoms with Gasteiger partial charge in [0.15, 0.2) is 0 Å². The number of aliphatic carboxylic acids is 1. The molecule has 0 aromatic heterocycles. The summed E-state index contributed by atoms with van der Waals surface area (Å²) in [5, 5.41) is 11.9. The average Bonchev–Trinajstić information content (AvgIpc) is 2.85. The number of rotatable bonds is 5. The van der Waals surface area contributed by atoms with Crippen LogP contribution in [0.3, 0.4) is 0 Å². The lowest BCUT2D eigenvalue weighted by Gasteiger charge is -2.16. The van der Waals surface area contributed by atoms with Gasteiger partial charge in [0, 0.05) is 12.2 Å². The Bertz CT molecular complexity index is 502. The highest BCUT2D eigenvalue weighted by Crippen LogP contribution is 2.31. The van der Waals surface area contributed by atoms with Crippen LogP contribution in [0.15, 0.2) is 24.3 Å². The summed E-state index contributed by atoms with van der Waals surface area (Å²) in [5.41, 5.74) is 7.16. The predicted octanol–water partition coefficient (Wildman–Crippen LogP) is 1.43. The minimum Gasteiger partial charge on any atom is -0.481 e. The van der Waals surface area contributed by atoms with E-state index in [1.165, 1.54) is 0 Å². The van der Waals surface area contributed by atoms with E-state index in [0.29, 0.717) is 18.7 Å². The van der Waals surface area contributed by atoms with Crippen molar-refractivity contribution >= 4 is 17.6 Å². The molecule has 5 nitrogen and oxygen atoms in total. The van der Waals surface area contributed by atoms with Crippen LogP contribution in [-0.4, -0.2) is 23.5 Å². The largest absolute Gasteiger partial charge is 0.481 e. The SMILES string of the molecule is Nc1cccc(CC(=O)NCC2CCCC2C(=O)O)c1. The van der Waals surface area contributed by atoms with Gasteiger partial charge in [-0.2, -0.15) is 0 Å². The zero-order valence-corrected chi connectivity index (χ0v) is 11.3. The Hall–Kier alpha value is -2.04. The second kappa shape index (κ2) is 6.41. The molecule has 0 radical (unpaired) electrons. The normalized spacial score (nSPS) is 21.6. The smallest absolute Gasteiger partial charge is 0.306 e. The molecule has 2 atom stereocenters. The number of carboxylic acids is 1. The van der Waals surface area contributed by atoms with Gasteiger partial charge >= 0.3 is 5.97 Å². The van der Waals surface area contributed by atoms with Gasteiger partial charge in [0.1, 0.15) is 0 Å². The van der Waals surface area contributed by atoms with Gasteiger partial charge in [0.25, 0.3) is 0 Å². The van der Waals surface area contributed by atoms with Gasteiger partial charge in [0.2, 0.25) is 5.91 Å². The standard InChI is InChI=1S/C15H20N2O3/c16-12-5-1-3-10(7-12)8-14(18)17-9-11-4-2-6-13(11)15(19)20/h1,3,5,7,11,13H,2,4,6,8-9,16H2,(H,17,18)(H,19,20). The summed E-state index contributed by atoms with van der Waals surface area (Å²) in [4.78, 5) is 22.9. The van der Waals surface area contributed by atoms with Crippen molar-refractivity contribution in [2.45, 2.75) is 25.7 Å². The highest BCUT2D eigenvalue weighted by atomic mass is 16.4. The first-order valence-electron chi connectivity index (χ1n) is 6.90. The van der Waals surface area contributed by atoms with E-state index in [1.807, 2.05) is 12.1 Å². The Morgan fingerprint density at radius 2 is 2.15 bits per heavy atom. The molecule has 0 aliphatic heterocycles. The molecular weight excluding hydrogens is 256 g/mol. The molecule has 1 amide bonds. The molecule has 1 fully saturated rings. The maximum absolute atomic E-state index is 11.9. The quantitative estimate of drug-likeness (QED) is 0.709. The van der Waals surface area contributed by atoms with Gasteiger partial charge < -0.3 is 16.2 Å². The molecular formula is C15H20N2O3. The van der Waals surface area contributed by atoms with Gasteiger partial charge in [-0.05, 0) is 36.5 Å². The fourth-order valence-electron chi connectivity index (χ4n) is 2.80. The number of hydrogen-bond donors (Lipinski definition) is 3. The molecule has 0 bridgehead atoms. The van der Waals surface area contributed by atoms with E-state index in [-0.39, 0.29) is 24.2 Å². The highest BCUT2D eigenvalue weighted by Gasteiger charge is 2.32. The summed E-state index contributed by atoms with van der Waals surface area (Å²) < 4.78 is 0. The number of nitrogens with two attached hydrogens (primary N) is 1. The number of amides is 1. The molecule has 2 unspecified atom stereocenters. The molecule has 1 aromatic carbocycles. The second-order valence-electron chi connectivity index (χ2n) is 5.36. The summed E-state index contributed by atoms with van der Waals surface area (Å²) in [5.74, 6) is -1.11. The van der Waals surface area contributed by atoms with E-state index in [9.17, 15) is 9.59 Å². The molecule has 1 aromatic rings. The van der Waals surface area contributed by atoms with Crippen molar-refractivity contribution in [2.75, 3.05) is 12.3 Å². The predicted molar refractivity (Wildman–Crippen MR) is 76.0 cm³/mol. The fraction of sp³-hybridized carbons (Fsp3) is 0.467. The monoisotopic (exact) mass is 276 g/mol. The summed E-state index contributed by atoms with van der Waals surface area (Å²) in [6.07, 6.45) is 2.78. The van der Waals surface area contributed by atoms with Crippen molar-refractivity contribution in [1.29, 1.82) is 0 Å². The lowest BCUT2D eigenvalue weighted by molar-refractivity contribution is -0.143. The third-order valence-corrected chi connectivity index (χ3v) is 3.85. The van der Waals surface area contributed by atoms with Crippen molar-refractivity contribution in [1.82, 2.24) is 5.32 Å². The lowest BCUT2D eigenvalue weighted by Crippen LogP contribution is -2.33. The van der Waals surface area contributed by atoms with Gasteiger partial charge in [-0.3, -0.25) is 9.59 Å². The van der Waals surface area contributed by atoms with Crippen LogP contribution in [0.1, 0.15) is 24.8 Å². The molecule has 108 valence electrons. The van der Waals surface area contributed by atoms with Gasteiger partial charge in [-0.1, -0.05) is 18.6 Å². The first-order valence-corrected chi connectivity index (χ1v) is 6.90. The maximum atomic E-state index is 11.9. The van der Waals surface area contributed by atoms with Crippen LogP contribution in [0.25, 0.3) is 0 Å². The Labute approximate surface area is 118 Å². The lowest BCUT2D eigenvalue weighted by atomic mass is 9.96. The molecule has 5 heteroatoms. The van der Waals surface area contributed by atoms with Crippen LogP contribution in [0, 0.1) is 11.8 Å². The molecule has 1 aliphatic carbocycles. The molecule has 1 saturated carbocycles. The van der Waals surface area contributed by atoms with Gasteiger partial charge in [-0.15, -0.1) is 0 Å². The minimum absolute atomic E-state index is 0.0530. The summed E-state index contributed by atoms with van der Waals surface area (Å²) in [6, 6.07) is 7.22. The Balaban J connectivity index is 1.82. The van der Waals surface area contributed by atoms with Crippen LogP contribution in [-0.2, 0) is 16.0 Å². The first kappa shape index (κ1) is 14.4. The second-order valence-corrected chi connectivity index (χ2v) is 5.36. The van der Waals surface area contributed by atoms with E-state index in [2.05, 4.69) is 5.32 Å². The van der Waals surface area contributed by atoms with Crippen molar-refractivity contribution in [2.24, 2.45) is 11.8 Å². The minimum atomic E-state index is -0.752. The van der Waals surface area contributed by atoms with E-state index in [4.69, 9.17) is 10.8 Å². The van der Waals surface area contributed by atoms with E-state index >= 15 is 0 Å². The Morgan fingerprint density at radius 1 is 1.35 bits per heavy atom. The Morgan fingerprint density at radius 3 is 2.85 bits per heavy atom. The Kier molecular flexibility index (Phi) is 4.61. The summed E-state index contributed by atoms with van der Waals surface area (Å²) in [7, 11) is 0. The number of hydrogen-bond acceptors (Lipinski definition) is 3. The molecule has 20 heavy (non-hydrogen) atoms. The highest BCUT2D eigenvalue weighted by molar-refractivity contribution is 5.79. The van der Waals surface area contributed by atoms with Crippen LogP contribution in [0.2, 0.25) is 0 Å². The molecule has 0 saturated heterocycles. The van der Waals surface area contributed by atoms with Crippen molar-refractivity contribution in [3.8, 4) is 0 Å². The van der Waals surface area contributed by atoms with E-state index < -0.39 is 5.97 Å². The zero-order valence-electron chi connectivity index (χ0n) is 11.3. The number of anilines is 1. The number of carbonyl (C=O) groups is 2. The molecule has 1 aliphatic rings. The first-order chi connectivity index (χ1) is 9.56. The number of carboxylic acid groups (broad SMARTS) is 1. The molecule has 0 heterocycles. The van der Waals surface area contributed by atoms with Crippen molar-refractivity contribution < 1.29 is 14.7 Å². The van der Waals surface area contributed by atoms with Crippen LogP contribution >= 0.6 is 0 Å².